The van der Waals surface area contributed by atoms with Crippen LogP contribution in [0, 0.1) is 0 Å². The number of aryl methyl sites for hydroxylation is 2. The Morgan fingerprint density at radius 3 is 2.63 bits per heavy atom. The van der Waals surface area contributed by atoms with Crippen molar-refractivity contribution >= 4 is 0 Å². The number of nitrogens with one attached hydrogen (secondary N) is 1. The van der Waals surface area contributed by atoms with Gasteiger partial charge in [-0.1, -0.05) is 48.5 Å². The third-order valence-corrected chi connectivity index (χ3v) is 4.07. The Morgan fingerprint density at radius 1 is 1.00 bits per heavy atom. The smallest absolute Gasteiger partial charge is 0.0294 e. The van der Waals surface area contributed by atoms with Gasteiger partial charge in [0.05, 0.1) is 0 Å². The van der Waals surface area contributed by atoms with Crippen molar-refractivity contribution in [3.05, 3.63) is 70.8 Å². The van der Waals surface area contributed by atoms with Crippen molar-refractivity contribution in [2.75, 3.05) is 0 Å². The molecule has 1 heteroatoms. The zero-order chi connectivity index (χ0) is 13.1. The highest BCUT2D eigenvalue weighted by Crippen LogP contribution is 2.23. The molecule has 1 nitrogen and oxygen atoms in total. The molecule has 1 aliphatic carbocycles. The van der Waals surface area contributed by atoms with Gasteiger partial charge >= 0.3 is 0 Å². The van der Waals surface area contributed by atoms with Crippen LogP contribution >= 0.6 is 0 Å². The zero-order valence-corrected chi connectivity index (χ0v) is 11.5. The normalized spacial score (nSPS) is 15.2. The second kappa shape index (κ2) is 5.58. The van der Waals surface area contributed by atoms with Gasteiger partial charge in [0.25, 0.3) is 0 Å². The molecule has 98 valence electrons. The maximum Gasteiger partial charge on any atom is 0.0294 e. The third-order valence-electron chi connectivity index (χ3n) is 4.07. The fraction of sp³-hybridized carbons (Fsp3) is 0.333. The first-order chi connectivity index (χ1) is 9.33. The van der Waals surface area contributed by atoms with Gasteiger partial charge in [-0.15, -0.1) is 0 Å². The van der Waals surface area contributed by atoms with Gasteiger partial charge < -0.3 is 5.32 Å². The van der Waals surface area contributed by atoms with Gasteiger partial charge in [0.1, 0.15) is 0 Å². The van der Waals surface area contributed by atoms with E-state index in [-0.39, 0.29) is 0 Å². The van der Waals surface area contributed by atoms with Gasteiger partial charge in [0.2, 0.25) is 0 Å². The van der Waals surface area contributed by atoms with E-state index in [2.05, 4.69) is 60.8 Å². The van der Waals surface area contributed by atoms with Crippen LogP contribution in [-0.2, 0) is 19.4 Å². The standard InChI is InChI=1S/C18H21N/c1-14(16-6-3-2-4-7-16)19-13-15-10-11-17-8-5-9-18(17)12-15/h2-4,6-7,10-12,14,19H,5,8-9,13H2,1H3/t14-/m0/s1. The van der Waals surface area contributed by atoms with E-state index in [1.807, 2.05) is 0 Å². The molecule has 1 atom stereocenters. The van der Waals surface area contributed by atoms with Gasteiger partial charge in [0.15, 0.2) is 0 Å². The monoisotopic (exact) mass is 251 g/mol. The number of hydrogen-bond acceptors (Lipinski definition) is 1. The van der Waals surface area contributed by atoms with Crippen LogP contribution in [0.2, 0.25) is 0 Å². The third kappa shape index (κ3) is 2.87. The number of benzene rings is 2. The summed E-state index contributed by atoms with van der Waals surface area (Å²) in [6.45, 7) is 3.17. The highest BCUT2D eigenvalue weighted by Gasteiger charge is 2.11. The van der Waals surface area contributed by atoms with E-state index in [1.54, 1.807) is 11.1 Å². The second-order valence-electron chi connectivity index (χ2n) is 5.47. The average Bonchev–Trinajstić information content (AvgIpc) is 2.93. The van der Waals surface area contributed by atoms with Crippen molar-refractivity contribution in [2.24, 2.45) is 0 Å². The van der Waals surface area contributed by atoms with Gasteiger partial charge in [-0.25, -0.2) is 0 Å². The molecular weight excluding hydrogens is 230 g/mol. The van der Waals surface area contributed by atoms with E-state index in [4.69, 9.17) is 0 Å². The van der Waals surface area contributed by atoms with Crippen molar-refractivity contribution in [2.45, 2.75) is 38.8 Å². The van der Waals surface area contributed by atoms with Crippen LogP contribution < -0.4 is 5.32 Å². The highest BCUT2D eigenvalue weighted by molar-refractivity contribution is 5.35. The van der Waals surface area contributed by atoms with Crippen molar-refractivity contribution in [1.29, 1.82) is 0 Å². The van der Waals surface area contributed by atoms with E-state index in [1.165, 1.54) is 30.4 Å². The summed E-state index contributed by atoms with van der Waals surface area (Å²) in [5.41, 5.74) is 5.87. The molecule has 0 aromatic heterocycles. The van der Waals surface area contributed by atoms with E-state index in [9.17, 15) is 0 Å². The minimum absolute atomic E-state index is 0.398. The molecule has 0 fully saturated rings. The maximum absolute atomic E-state index is 3.61. The van der Waals surface area contributed by atoms with Crippen molar-refractivity contribution in [3.63, 3.8) is 0 Å². The molecule has 0 saturated carbocycles. The molecular formula is C18H21N. The minimum atomic E-state index is 0.398. The summed E-state index contributed by atoms with van der Waals surface area (Å²) < 4.78 is 0. The molecule has 0 aliphatic heterocycles. The van der Waals surface area contributed by atoms with Gasteiger partial charge in [-0.3, -0.25) is 0 Å². The highest BCUT2D eigenvalue weighted by atomic mass is 14.9. The number of fused-ring (bicyclic) bond motifs is 1. The Bertz CT molecular complexity index is 545. The summed E-state index contributed by atoms with van der Waals surface area (Å²) >= 11 is 0. The quantitative estimate of drug-likeness (QED) is 0.865. The van der Waals surface area contributed by atoms with Gasteiger partial charge in [-0.2, -0.15) is 0 Å². The van der Waals surface area contributed by atoms with Crippen LogP contribution in [0.5, 0.6) is 0 Å². The summed E-state index contributed by atoms with van der Waals surface area (Å²) in [4.78, 5) is 0. The summed E-state index contributed by atoms with van der Waals surface area (Å²) in [7, 11) is 0. The SMILES string of the molecule is C[C@H](NCc1ccc2c(c1)CCC2)c1ccccc1. The number of rotatable bonds is 4. The average molecular weight is 251 g/mol. The first-order valence-electron chi connectivity index (χ1n) is 7.22. The lowest BCUT2D eigenvalue weighted by Gasteiger charge is -2.14. The van der Waals surface area contributed by atoms with Gasteiger partial charge in [-0.05, 0) is 48.4 Å². The topological polar surface area (TPSA) is 12.0 Å². The van der Waals surface area contributed by atoms with E-state index in [0.717, 1.165) is 6.54 Å². The predicted octanol–water partition coefficient (Wildman–Crippen LogP) is 4.03. The van der Waals surface area contributed by atoms with Crippen LogP contribution in [-0.4, -0.2) is 0 Å². The van der Waals surface area contributed by atoms with Gasteiger partial charge in [0, 0.05) is 12.6 Å². The van der Waals surface area contributed by atoms with Crippen LogP contribution in [0.4, 0.5) is 0 Å². The fourth-order valence-corrected chi connectivity index (χ4v) is 2.87. The van der Waals surface area contributed by atoms with Crippen molar-refractivity contribution in [1.82, 2.24) is 5.32 Å². The van der Waals surface area contributed by atoms with Crippen molar-refractivity contribution in [3.8, 4) is 0 Å². The molecule has 0 unspecified atom stereocenters. The lowest BCUT2D eigenvalue weighted by molar-refractivity contribution is 0.574. The van der Waals surface area contributed by atoms with E-state index in [0.29, 0.717) is 6.04 Å². The van der Waals surface area contributed by atoms with Crippen molar-refractivity contribution < 1.29 is 0 Å². The lowest BCUT2D eigenvalue weighted by Crippen LogP contribution is -2.18. The van der Waals surface area contributed by atoms with Crippen LogP contribution in [0.1, 0.15) is 41.6 Å². The largest absolute Gasteiger partial charge is 0.306 e. The molecule has 2 aromatic carbocycles. The Balaban J connectivity index is 1.63. The molecule has 3 rings (SSSR count). The predicted molar refractivity (Wildman–Crippen MR) is 80.2 cm³/mol. The van der Waals surface area contributed by atoms with E-state index >= 15 is 0 Å². The minimum Gasteiger partial charge on any atom is -0.306 e. The second-order valence-corrected chi connectivity index (χ2v) is 5.47. The van der Waals surface area contributed by atoms with Crippen LogP contribution in [0.25, 0.3) is 0 Å². The number of hydrogen-bond donors (Lipinski definition) is 1. The zero-order valence-electron chi connectivity index (χ0n) is 11.5. The molecule has 1 aliphatic rings. The Kier molecular flexibility index (Phi) is 3.65. The molecule has 0 amide bonds. The summed E-state index contributed by atoms with van der Waals surface area (Å²) in [5.74, 6) is 0. The Labute approximate surface area is 115 Å². The summed E-state index contributed by atoms with van der Waals surface area (Å²) in [6.07, 6.45) is 3.85. The summed E-state index contributed by atoms with van der Waals surface area (Å²) in [5, 5.41) is 3.61. The Morgan fingerprint density at radius 2 is 1.79 bits per heavy atom. The van der Waals surface area contributed by atoms with Crippen LogP contribution in [0.3, 0.4) is 0 Å². The molecule has 0 heterocycles. The Hall–Kier alpha value is -1.60. The maximum atomic E-state index is 3.61. The molecule has 19 heavy (non-hydrogen) atoms. The molecule has 1 N–H and O–H groups in total. The van der Waals surface area contributed by atoms with Crippen LogP contribution in [0.15, 0.2) is 48.5 Å². The molecule has 2 aromatic rings. The summed E-state index contributed by atoms with van der Waals surface area (Å²) in [6, 6.07) is 18.0. The molecule has 0 radical (unpaired) electrons. The molecule has 0 spiro atoms. The fourth-order valence-electron chi connectivity index (χ4n) is 2.87. The molecule has 0 saturated heterocycles. The first kappa shape index (κ1) is 12.4. The molecule has 0 bridgehead atoms. The lowest BCUT2D eigenvalue weighted by atomic mass is 10.1. The first-order valence-corrected chi connectivity index (χ1v) is 7.22. The van der Waals surface area contributed by atoms with E-state index < -0.39 is 0 Å².